The molecule has 1 saturated carbocycles. The van der Waals surface area contributed by atoms with Crippen molar-refractivity contribution in [3.63, 3.8) is 0 Å². The van der Waals surface area contributed by atoms with Crippen LogP contribution in [0.5, 0.6) is 0 Å². The lowest BCUT2D eigenvalue weighted by atomic mass is 10.0. The second kappa shape index (κ2) is 7.06. The summed E-state index contributed by atoms with van der Waals surface area (Å²) in [5.41, 5.74) is 6.93. The fourth-order valence-electron chi connectivity index (χ4n) is 4.05. The van der Waals surface area contributed by atoms with Crippen molar-refractivity contribution in [2.75, 3.05) is 29.1 Å². The Hall–Kier alpha value is -2.45. The van der Waals surface area contributed by atoms with Gasteiger partial charge in [0.15, 0.2) is 9.84 Å². The molecule has 158 valence electrons. The lowest BCUT2D eigenvalue weighted by Crippen LogP contribution is -2.41. The van der Waals surface area contributed by atoms with Crippen molar-refractivity contribution in [2.24, 2.45) is 11.7 Å². The second-order valence-corrected chi connectivity index (χ2v) is 10.9. The summed E-state index contributed by atoms with van der Waals surface area (Å²) in [5.74, 6) is 1.82. The molecule has 0 saturated heterocycles. The van der Waals surface area contributed by atoms with Gasteiger partial charge in [0.2, 0.25) is 5.95 Å². The minimum Gasteiger partial charge on any atom is -0.368 e. The lowest BCUT2D eigenvalue weighted by Gasteiger charge is -2.22. The van der Waals surface area contributed by atoms with Gasteiger partial charge in [-0.2, -0.15) is 4.98 Å². The van der Waals surface area contributed by atoms with E-state index in [0.717, 1.165) is 41.2 Å². The van der Waals surface area contributed by atoms with Gasteiger partial charge in [-0.1, -0.05) is 37.3 Å². The Labute approximate surface area is 176 Å². The molecule has 2 aromatic rings. The average Bonchev–Trinajstić information content (AvgIpc) is 3.48. The van der Waals surface area contributed by atoms with Crippen LogP contribution in [-0.4, -0.2) is 42.8 Å². The van der Waals surface area contributed by atoms with Crippen LogP contribution in [0.15, 0.2) is 29.2 Å². The van der Waals surface area contributed by atoms with Crippen molar-refractivity contribution >= 4 is 33.8 Å². The van der Waals surface area contributed by atoms with E-state index in [1.54, 1.807) is 12.1 Å². The number of fused-ring (bicyclic) bond motifs is 2. The van der Waals surface area contributed by atoms with Gasteiger partial charge in [0.1, 0.15) is 5.82 Å². The standard InChI is InChI=1S/C22H27N5O2S/c1-15-6-7-18-17(12-15)20(24-14-22(23)8-9-22)26-21(25-18)27-10-11-30(28,29)19-5-3-2-4-16(19)13-27/h2-5,7,12,15H,6,8-11,13-14,23H2,1H3,(H,24,25,26). The lowest BCUT2D eigenvalue weighted by molar-refractivity contribution is 0.596. The third kappa shape index (κ3) is 3.70. The molecule has 5 rings (SSSR count). The smallest absolute Gasteiger partial charge is 0.228 e. The monoisotopic (exact) mass is 425 g/mol. The molecule has 1 aromatic heterocycles. The van der Waals surface area contributed by atoms with Crippen molar-refractivity contribution in [3.05, 3.63) is 40.4 Å². The molecular formula is C22H27N5O2S. The van der Waals surface area contributed by atoms with Crippen LogP contribution in [0.1, 0.15) is 31.7 Å². The van der Waals surface area contributed by atoms with Crippen molar-refractivity contribution in [1.29, 1.82) is 0 Å². The minimum absolute atomic E-state index is 0.0476. The molecule has 3 aliphatic rings. The first kappa shape index (κ1) is 19.5. The zero-order valence-electron chi connectivity index (χ0n) is 17.1. The van der Waals surface area contributed by atoms with Crippen molar-refractivity contribution in [2.45, 2.75) is 43.2 Å². The third-order valence-electron chi connectivity index (χ3n) is 6.18. The maximum absolute atomic E-state index is 12.7. The van der Waals surface area contributed by atoms with E-state index in [4.69, 9.17) is 15.7 Å². The number of sulfone groups is 1. The van der Waals surface area contributed by atoms with Crippen LogP contribution < -0.4 is 26.5 Å². The number of anilines is 2. The molecular weight excluding hydrogens is 398 g/mol. The van der Waals surface area contributed by atoms with E-state index in [1.165, 1.54) is 0 Å². The van der Waals surface area contributed by atoms with E-state index in [2.05, 4.69) is 24.4 Å². The minimum atomic E-state index is -3.32. The topological polar surface area (TPSA) is 101 Å². The molecule has 1 atom stereocenters. The molecule has 1 fully saturated rings. The zero-order chi connectivity index (χ0) is 20.9. The SMILES string of the molecule is CC1C=c2c(NCC3(N)CC3)nc(N3CCS(=O)(=O)c4ccccc4C3)nc2=CC1. The van der Waals surface area contributed by atoms with Gasteiger partial charge in [-0.15, -0.1) is 0 Å². The Balaban J connectivity index is 1.56. The normalized spacial score (nSPS) is 23.3. The van der Waals surface area contributed by atoms with Gasteiger partial charge in [0.25, 0.3) is 0 Å². The summed E-state index contributed by atoms with van der Waals surface area (Å²) in [5, 5.41) is 5.38. The summed E-state index contributed by atoms with van der Waals surface area (Å²) in [6.45, 7) is 3.68. The zero-order valence-corrected chi connectivity index (χ0v) is 18.0. The van der Waals surface area contributed by atoms with Crippen LogP contribution in [0.4, 0.5) is 11.8 Å². The maximum Gasteiger partial charge on any atom is 0.228 e. The number of nitrogens with one attached hydrogen (secondary N) is 1. The molecule has 1 unspecified atom stereocenters. The highest BCUT2D eigenvalue weighted by Crippen LogP contribution is 2.32. The predicted octanol–water partition coefficient (Wildman–Crippen LogP) is 0.775. The Morgan fingerprint density at radius 2 is 2.07 bits per heavy atom. The van der Waals surface area contributed by atoms with E-state index in [1.807, 2.05) is 17.0 Å². The molecule has 8 heteroatoms. The van der Waals surface area contributed by atoms with Crippen molar-refractivity contribution in [1.82, 2.24) is 9.97 Å². The molecule has 0 bridgehead atoms. The van der Waals surface area contributed by atoms with E-state index < -0.39 is 9.84 Å². The van der Waals surface area contributed by atoms with Gasteiger partial charge in [0, 0.05) is 30.4 Å². The summed E-state index contributed by atoms with van der Waals surface area (Å²) in [7, 11) is -3.32. The summed E-state index contributed by atoms with van der Waals surface area (Å²) >= 11 is 0. The molecule has 2 aliphatic carbocycles. The van der Waals surface area contributed by atoms with Crippen LogP contribution in [-0.2, 0) is 16.4 Å². The van der Waals surface area contributed by atoms with Crippen molar-refractivity contribution < 1.29 is 8.42 Å². The van der Waals surface area contributed by atoms with Gasteiger partial charge < -0.3 is 16.0 Å². The van der Waals surface area contributed by atoms with Crippen LogP contribution in [0.3, 0.4) is 0 Å². The number of benzene rings is 1. The molecule has 7 nitrogen and oxygen atoms in total. The molecule has 2 heterocycles. The first-order valence-corrected chi connectivity index (χ1v) is 12.2. The first-order chi connectivity index (χ1) is 14.3. The quantitative estimate of drug-likeness (QED) is 0.746. The highest BCUT2D eigenvalue weighted by Gasteiger charge is 2.38. The third-order valence-corrected chi connectivity index (χ3v) is 7.97. The van der Waals surface area contributed by atoms with Crippen molar-refractivity contribution in [3.8, 4) is 0 Å². The summed E-state index contributed by atoms with van der Waals surface area (Å²) in [6.07, 6.45) is 7.33. The molecule has 0 radical (unpaired) electrons. The number of hydrogen-bond acceptors (Lipinski definition) is 7. The van der Waals surface area contributed by atoms with E-state index in [-0.39, 0.29) is 11.3 Å². The van der Waals surface area contributed by atoms with E-state index >= 15 is 0 Å². The number of nitrogens with two attached hydrogens (primary N) is 1. The molecule has 0 spiro atoms. The van der Waals surface area contributed by atoms with E-state index in [0.29, 0.717) is 36.4 Å². The number of hydrogen-bond donors (Lipinski definition) is 2. The highest BCUT2D eigenvalue weighted by atomic mass is 32.2. The van der Waals surface area contributed by atoms with Crippen LogP contribution in [0, 0.1) is 5.92 Å². The Bertz CT molecular complexity index is 1220. The summed E-state index contributed by atoms with van der Waals surface area (Å²) in [6, 6.07) is 7.21. The van der Waals surface area contributed by atoms with Crippen LogP contribution in [0.25, 0.3) is 12.2 Å². The fraction of sp³-hybridized carbons (Fsp3) is 0.455. The average molecular weight is 426 g/mol. The highest BCUT2D eigenvalue weighted by molar-refractivity contribution is 7.91. The van der Waals surface area contributed by atoms with Gasteiger partial charge in [-0.05, 0) is 36.8 Å². The van der Waals surface area contributed by atoms with Gasteiger partial charge in [-0.25, -0.2) is 13.4 Å². The molecule has 0 amide bonds. The number of aromatic nitrogens is 2. The molecule has 1 aliphatic heterocycles. The summed E-state index contributed by atoms with van der Waals surface area (Å²) < 4.78 is 25.4. The van der Waals surface area contributed by atoms with Gasteiger partial charge >= 0.3 is 0 Å². The maximum atomic E-state index is 12.7. The molecule has 3 N–H and O–H groups in total. The second-order valence-electron chi connectivity index (χ2n) is 8.82. The number of rotatable bonds is 4. The van der Waals surface area contributed by atoms with E-state index in [9.17, 15) is 8.42 Å². The van der Waals surface area contributed by atoms with Gasteiger partial charge in [0.05, 0.1) is 16.0 Å². The molecule has 1 aromatic carbocycles. The molecule has 30 heavy (non-hydrogen) atoms. The fourth-order valence-corrected chi connectivity index (χ4v) is 5.55. The first-order valence-electron chi connectivity index (χ1n) is 10.5. The number of nitrogens with zero attached hydrogens (tertiary/aromatic N) is 3. The predicted molar refractivity (Wildman–Crippen MR) is 118 cm³/mol. The Kier molecular flexibility index (Phi) is 4.59. The van der Waals surface area contributed by atoms with Gasteiger partial charge in [-0.3, -0.25) is 0 Å². The Morgan fingerprint density at radius 1 is 1.27 bits per heavy atom. The van der Waals surface area contributed by atoms with Crippen LogP contribution in [0.2, 0.25) is 0 Å². The largest absolute Gasteiger partial charge is 0.368 e. The van der Waals surface area contributed by atoms with Crippen LogP contribution >= 0.6 is 0 Å². The summed E-state index contributed by atoms with van der Waals surface area (Å²) in [4.78, 5) is 12.0. The Morgan fingerprint density at radius 3 is 2.87 bits per heavy atom.